The number of rotatable bonds is 1. The first kappa shape index (κ1) is 12.7. The molecule has 2 aliphatic rings. The molecule has 0 N–H and O–H groups in total. The van der Waals surface area contributed by atoms with Crippen LogP contribution < -0.4 is 3.11 Å². The third-order valence-electron chi connectivity index (χ3n) is 4.06. The fraction of sp³-hybridized carbons (Fsp3) is 0.538. The van der Waals surface area contributed by atoms with Crippen LogP contribution in [-0.4, -0.2) is 16.5 Å². The molecule has 0 saturated heterocycles. The van der Waals surface area contributed by atoms with E-state index in [-0.39, 0.29) is 0 Å². The van der Waals surface area contributed by atoms with Crippen LogP contribution in [0.4, 0.5) is 5.69 Å². The minimum atomic E-state index is 0.505. The lowest BCUT2D eigenvalue weighted by Crippen LogP contribution is -2.20. The van der Waals surface area contributed by atoms with Gasteiger partial charge in [0.2, 0.25) is 0 Å². The second kappa shape index (κ2) is 4.96. The van der Waals surface area contributed by atoms with Crippen LogP contribution in [0, 0.1) is 5.92 Å². The highest BCUT2D eigenvalue weighted by atomic mass is 127. The molecule has 0 bridgehead atoms. The summed E-state index contributed by atoms with van der Waals surface area (Å²) in [5, 5.41) is 0.581. The van der Waals surface area contributed by atoms with Crippen LogP contribution in [0.15, 0.2) is 18.5 Å². The van der Waals surface area contributed by atoms with Gasteiger partial charge in [0, 0.05) is 12.5 Å². The van der Waals surface area contributed by atoms with E-state index in [9.17, 15) is 0 Å². The third kappa shape index (κ3) is 2.13. The molecule has 3 nitrogen and oxygen atoms in total. The summed E-state index contributed by atoms with van der Waals surface area (Å²) in [6, 6.07) is 0. The summed E-state index contributed by atoms with van der Waals surface area (Å²) < 4.78 is 2.17. The highest BCUT2D eigenvalue weighted by molar-refractivity contribution is 14.1. The maximum absolute atomic E-state index is 6.18. The van der Waals surface area contributed by atoms with Gasteiger partial charge in [0.1, 0.15) is 12.0 Å². The van der Waals surface area contributed by atoms with E-state index in [2.05, 4.69) is 42.5 Å². The number of hydrogen-bond donors (Lipinski definition) is 0. The fourth-order valence-corrected chi connectivity index (χ4v) is 4.32. The molecule has 18 heavy (non-hydrogen) atoms. The maximum atomic E-state index is 6.18. The van der Waals surface area contributed by atoms with E-state index in [1.165, 1.54) is 18.4 Å². The predicted octanol–water partition coefficient (Wildman–Crippen LogP) is 4.13. The van der Waals surface area contributed by atoms with Crippen molar-refractivity contribution in [2.24, 2.45) is 5.92 Å². The number of fused-ring (bicyclic) bond motifs is 1. The summed E-state index contributed by atoms with van der Waals surface area (Å²) in [5.74, 6) is 1.21. The Morgan fingerprint density at radius 1 is 1.33 bits per heavy atom. The van der Waals surface area contributed by atoms with E-state index in [0.29, 0.717) is 17.0 Å². The first-order valence-corrected chi connectivity index (χ1v) is 7.61. The summed E-state index contributed by atoms with van der Waals surface area (Å²) in [5.41, 5.74) is 3.56. The summed E-state index contributed by atoms with van der Waals surface area (Å²) in [7, 11) is 0. The van der Waals surface area contributed by atoms with Crippen LogP contribution in [0.25, 0.3) is 0 Å². The molecule has 1 aliphatic heterocycles. The number of hydrogen-bond acceptors (Lipinski definition) is 3. The fourth-order valence-electron chi connectivity index (χ4n) is 3.04. The van der Waals surface area contributed by atoms with Gasteiger partial charge in [0.15, 0.2) is 5.15 Å². The van der Waals surface area contributed by atoms with Crippen molar-refractivity contribution in [1.29, 1.82) is 0 Å². The third-order valence-corrected chi connectivity index (χ3v) is 5.22. The molecular formula is C13H15ClIN3. The Morgan fingerprint density at radius 3 is 2.78 bits per heavy atom. The molecular weight excluding hydrogens is 361 g/mol. The minimum Gasteiger partial charge on any atom is -0.310 e. The van der Waals surface area contributed by atoms with Gasteiger partial charge in [0.05, 0.1) is 28.6 Å². The average molecular weight is 376 g/mol. The monoisotopic (exact) mass is 375 g/mol. The largest absolute Gasteiger partial charge is 0.310 e. The predicted molar refractivity (Wildman–Crippen MR) is 82.2 cm³/mol. The van der Waals surface area contributed by atoms with Crippen molar-refractivity contribution in [3.8, 4) is 0 Å². The van der Waals surface area contributed by atoms with Crippen LogP contribution >= 0.6 is 34.5 Å². The minimum absolute atomic E-state index is 0.505. The zero-order valence-electron chi connectivity index (χ0n) is 10.1. The normalized spacial score (nSPS) is 24.4. The number of aromatic nitrogens is 2. The summed E-state index contributed by atoms with van der Waals surface area (Å²) in [4.78, 5) is 8.57. The van der Waals surface area contributed by atoms with Crippen molar-refractivity contribution < 1.29 is 0 Å². The molecule has 1 atom stereocenters. The smallest absolute Gasteiger partial charge is 0.156 e. The highest BCUT2D eigenvalue weighted by Crippen LogP contribution is 2.47. The van der Waals surface area contributed by atoms with Gasteiger partial charge in [0.25, 0.3) is 0 Å². The van der Waals surface area contributed by atoms with Crippen LogP contribution in [0.2, 0.25) is 5.15 Å². The van der Waals surface area contributed by atoms with Crippen molar-refractivity contribution in [2.75, 3.05) is 9.66 Å². The van der Waals surface area contributed by atoms with Crippen LogP contribution in [-0.2, 0) is 0 Å². The number of anilines is 1. The molecule has 3 rings (SSSR count). The van der Waals surface area contributed by atoms with Crippen LogP contribution in [0.1, 0.15) is 37.3 Å². The zero-order valence-corrected chi connectivity index (χ0v) is 13.0. The van der Waals surface area contributed by atoms with Gasteiger partial charge in [-0.05, 0) is 31.6 Å². The Kier molecular flexibility index (Phi) is 3.49. The molecule has 1 fully saturated rings. The lowest BCUT2D eigenvalue weighted by atomic mass is 9.78. The molecule has 0 spiro atoms. The van der Waals surface area contributed by atoms with Gasteiger partial charge in [-0.1, -0.05) is 23.8 Å². The van der Waals surface area contributed by atoms with Crippen molar-refractivity contribution in [1.82, 2.24) is 9.97 Å². The molecule has 96 valence electrons. The molecule has 1 aromatic heterocycles. The zero-order chi connectivity index (χ0) is 12.7. The second-order valence-corrected chi connectivity index (χ2v) is 6.66. The van der Waals surface area contributed by atoms with Crippen LogP contribution in [0.5, 0.6) is 0 Å². The Morgan fingerprint density at radius 2 is 2.06 bits per heavy atom. The van der Waals surface area contributed by atoms with E-state index >= 15 is 0 Å². The van der Waals surface area contributed by atoms with E-state index in [0.717, 1.165) is 30.8 Å². The molecule has 1 saturated carbocycles. The van der Waals surface area contributed by atoms with Gasteiger partial charge in [-0.15, -0.1) is 0 Å². The summed E-state index contributed by atoms with van der Waals surface area (Å²) in [6.45, 7) is 5.10. The molecule has 1 aliphatic carbocycles. The van der Waals surface area contributed by atoms with E-state index < -0.39 is 0 Å². The molecule has 2 heterocycles. The number of nitrogens with zero attached hydrogens (tertiary/aromatic N) is 3. The molecule has 1 unspecified atom stereocenters. The topological polar surface area (TPSA) is 29.0 Å². The second-order valence-electron chi connectivity index (χ2n) is 5.14. The highest BCUT2D eigenvalue weighted by Gasteiger charge is 2.37. The number of allylic oxidation sites excluding steroid dienone is 1. The SMILES string of the molecule is C=C1CCC(C2CN(I)c3c(Cl)ncnc32)CC1. The molecule has 5 heteroatoms. The van der Waals surface area contributed by atoms with E-state index in [4.69, 9.17) is 11.6 Å². The Bertz CT molecular complexity index is 481. The van der Waals surface area contributed by atoms with Crippen molar-refractivity contribution >= 4 is 40.2 Å². The van der Waals surface area contributed by atoms with Gasteiger partial charge in [-0.3, -0.25) is 0 Å². The maximum Gasteiger partial charge on any atom is 0.156 e. The molecule has 1 aromatic rings. The van der Waals surface area contributed by atoms with Gasteiger partial charge in [-0.25, -0.2) is 9.97 Å². The van der Waals surface area contributed by atoms with E-state index in [1.54, 1.807) is 6.33 Å². The Hall–Kier alpha value is -0.360. The molecule has 0 aromatic carbocycles. The molecule has 0 amide bonds. The van der Waals surface area contributed by atoms with Crippen molar-refractivity contribution in [2.45, 2.75) is 31.6 Å². The van der Waals surface area contributed by atoms with Crippen molar-refractivity contribution in [3.63, 3.8) is 0 Å². The lowest BCUT2D eigenvalue weighted by molar-refractivity contribution is 0.350. The quantitative estimate of drug-likeness (QED) is 0.320. The van der Waals surface area contributed by atoms with E-state index in [1.807, 2.05) is 0 Å². The standard InChI is InChI=1S/C13H15ClIN3/c1-8-2-4-9(5-3-8)10-6-18(15)12-11(10)16-7-17-13(12)14/h7,9-10H,1-6H2. The van der Waals surface area contributed by atoms with Gasteiger partial charge < -0.3 is 3.11 Å². The van der Waals surface area contributed by atoms with Gasteiger partial charge in [-0.2, -0.15) is 0 Å². The van der Waals surface area contributed by atoms with Crippen molar-refractivity contribution in [3.05, 3.63) is 29.3 Å². The Balaban J connectivity index is 1.89. The first-order chi connectivity index (χ1) is 8.66. The summed E-state index contributed by atoms with van der Waals surface area (Å²) in [6.07, 6.45) is 6.38. The summed E-state index contributed by atoms with van der Waals surface area (Å²) >= 11 is 8.50. The first-order valence-electron chi connectivity index (χ1n) is 6.27. The number of halogens is 2. The molecule has 0 radical (unpaired) electrons. The van der Waals surface area contributed by atoms with Gasteiger partial charge >= 0.3 is 0 Å². The lowest BCUT2D eigenvalue weighted by Gasteiger charge is -2.28. The average Bonchev–Trinajstić information content (AvgIpc) is 2.69. The Labute approximate surface area is 126 Å². The van der Waals surface area contributed by atoms with Crippen LogP contribution in [0.3, 0.4) is 0 Å².